The zero-order valence-corrected chi connectivity index (χ0v) is 19.2. The molecule has 3 aliphatic heterocycles. The second-order valence-corrected chi connectivity index (χ2v) is 9.55. The minimum atomic E-state index is -1.70. The minimum absolute atomic E-state index is 0.157. The number of rotatable bonds is 8. The molecule has 0 saturated carbocycles. The maximum Gasteiger partial charge on any atom is 0.350 e. The van der Waals surface area contributed by atoms with E-state index in [0.717, 1.165) is 17.5 Å². The van der Waals surface area contributed by atoms with Crippen molar-refractivity contribution in [2.75, 3.05) is 5.75 Å². The Morgan fingerprint density at radius 2 is 2.16 bits per heavy atom. The molecule has 12 nitrogen and oxygen atoms in total. The van der Waals surface area contributed by atoms with E-state index >= 15 is 0 Å². The fourth-order valence-corrected chi connectivity index (χ4v) is 5.09. The van der Waals surface area contributed by atoms with E-state index in [1.807, 2.05) is 6.92 Å². The normalized spacial score (nSPS) is 25.7. The number of carbonyl (C=O) groups excluding carboxylic acids is 2. The average Bonchev–Trinajstić information content (AvgIpc) is 3.16. The van der Waals surface area contributed by atoms with Gasteiger partial charge in [-0.2, -0.15) is 0 Å². The number of thioether (sulfide) groups is 1. The zero-order valence-electron chi connectivity index (χ0n) is 17.6. The quantitative estimate of drug-likeness (QED) is 0.105. The minimum Gasteiger partial charge on any atom is -0.506 e. The molecular formula is C18H24N6O6S2. The van der Waals surface area contributed by atoms with Crippen LogP contribution in [0.1, 0.15) is 27.2 Å². The summed E-state index contributed by atoms with van der Waals surface area (Å²) in [7, 11) is 0. The van der Waals surface area contributed by atoms with Crippen LogP contribution in [-0.4, -0.2) is 72.7 Å². The van der Waals surface area contributed by atoms with Crippen molar-refractivity contribution in [3.05, 3.63) is 23.6 Å². The number of amides is 2. The molecule has 0 spiro atoms. The van der Waals surface area contributed by atoms with E-state index in [9.17, 15) is 24.6 Å². The topological polar surface area (TPSA) is 179 Å². The van der Waals surface area contributed by atoms with Gasteiger partial charge in [0.05, 0.1) is 5.70 Å². The highest BCUT2D eigenvalue weighted by atomic mass is 32.2. The molecule has 174 valence electrons. The molecule has 2 amide bonds. The number of β-lactam (4-membered cyclic amide) rings is 1. The van der Waals surface area contributed by atoms with E-state index in [1.165, 1.54) is 30.5 Å². The van der Waals surface area contributed by atoms with Crippen LogP contribution >= 0.6 is 23.7 Å². The predicted octanol–water partition coefficient (Wildman–Crippen LogP) is 0.250. The van der Waals surface area contributed by atoms with Crippen LogP contribution < -0.4 is 15.8 Å². The number of aliphatic imine (C=N–C) groups is 1. The molecule has 0 aromatic heterocycles. The van der Waals surface area contributed by atoms with Gasteiger partial charge >= 0.3 is 5.97 Å². The van der Waals surface area contributed by atoms with Crippen LogP contribution in [0.2, 0.25) is 0 Å². The molecule has 0 aromatic rings. The molecule has 3 atom stereocenters. The third kappa shape index (κ3) is 4.42. The van der Waals surface area contributed by atoms with Gasteiger partial charge in [0.1, 0.15) is 17.2 Å². The van der Waals surface area contributed by atoms with E-state index in [0.29, 0.717) is 17.9 Å². The molecule has 3 rings (SSSR count). The van der Waals surface area contributed by atoms with Crippen molar-refractivity contribution >= 4 is 52.4 Å². The number of carbonyl (C=O) groups is 3. The highest BCUT2D eigenvalue weighted by molar-refractivity contribution is 8.12. The number of aliphatic carboxylic acids is 1. The van der Waals surface area contributed by atoms with Gasteiger partial charge in [0.2, 0.25) is 5.60 Å². The third-order valence-corrected chi connectivity index (χ3v) is 6.94. The lowest BCUT2D eigenvalue weighted by Crippen LogP contribution is -2.70. The number of amidine groups is 1. The predicted molar refractivity (Wildman–Crippen MR) is 120 cm³/mol. The molecule has 0 aliphatic carbocycles. The van der Waals surface area contributed by atoms with Crippen LogP contribution in [0, 0.1) is 0 Å². The lowest BCUT2D eigenvalue weighted by atomic mass is 10.0. The number of carboxylic acid groups (broad SMARTS) is 1. The molecule has 1 unspecified atom stereocenters. The van der Waals surface area contributed by atoms with Gasteiger partial charge in [-0.15, -0.1) is 11.8 Å². The highest BCUT2D eigenvalue weighted by Crippen LogP contribution is 2.42. The van der Waals surface area contributed by atoms with Crippen LogP contribution in [0.5, 0.6) is 0 Å². The number of hydrogen-bond donors (Lipinski definition) is 5. The van der Waals surface area contributed by atoms with Gasteiger partial charge in [0.25, 0.3) is 11.8 Å². The van der Waals surface area contributed by atoms with E-state index in [1.54, 1.807) is 0 Å². The van der Waals surface area contributed by atoms with Crippen molar-refractivity contribution in [3.8, 4) is 0 Å². The first-order valence-corrected chi connectivity index (χ1v) is 11.4. The summed E-state index contributed by atoms with van der Waals surface area (Å²) in [5.74, 6) is -2.08. The monoisotopic (exact) mass is 484 g/mol. The first-order chi connectivity index (χ1) is 15.0. The molecule has 32 heavy (non-hydrogen) atoms. The summed E-state index contributed by atoms with van der Waals surface area (Å²) < 4.78 is 2.78. The Balaban J connectivity index is 1.80. The van der Waals surface area contributed by atoms with Crippen molar-refractivity contribution in [3.63, 3.8) is 0 Å². The fourth-order valence-electron chi connectivity index (χ4n) is 3.09. The van der Waals surface area contributed by atoms with Crippen LogP contribution in [-0.2, 0) is 19.2 Å². The Hall–Kier alpha value is -2.71. The molecular weight excluding hydrogens is 460 g/mol. The van der Waals surface area contributed by atoms with Crippen LogP contribution in [0.25, 0.3) is 0 Å². The van der Waals surface area contributed by atoms with Crippen molar-refractivity contribution in [2.24, 2.45) is 15.9 Å². The first kappa shape index (κ1) is 23.9. The number of oxime groups is 1. The van der Waals surface area contributed by atoms with Crippen molar-refractivity contribution in [1.82, 2.24) is 14.9 Å². The maximum atomic E-state index is 13.0. The van der Waals surface area contributed by atoms with Crippen LogP contribution in [0.3, 0.4) is 0 Å². The number of fused-ring (bicyclic) bond motifs is 1. The van der Waals surface area contributed by atoms with E-state index in [4.69, 9.17) is 10.6 Å². The Kier molecular flexibility index (Phi) is 6.76. The van der Waals surface area contributed by atoms with E-state index < -0.39 is 41.0 Å². The Morgan fingerprint density at radius 1 is 1.47 bits per heavy atom. The Morgan fingerprint density at radius 3 is 2.69 bits per heavy atom. The molecule has 14 heteroatoms. The third-order valence-electron chi connectivity index (χ3n) is 4.94. The summed E-state index contributed by atoms with van der Waals surface area (Å²) in [5, 5.41) is 25.3. The molecule has 0 bridgehead atoms. The lowest BCUT2D eigenvalue weighted by Gasteiger charge is -2.50. The Labute approximate surface area is 192 Å². The van der Waals surface area contributed by atoms with Crippen LogP contribution in [0.4, 0.5) is 0 Å². The lowest BCUT2D eigenvalue weighted by molar-refractivity contribution is -0.161. The molecule has 3 heterocycles. The molecule has 1 saturated heterocycles. The summed E-state index contributed by atoms with van der Waals surface area (Å²) in [6.07, 6.45) is -0.345. The maximum absolute atomic E-state index is 13.0. The Bertz CT molecular complexity index is 962. The van der Waals surface area contributed by atoms with Gasteiger partial charge < -0.3 is 26.1 Å². The van der Waals surface area contributed by atoms with Gasteiger partial charge in [-0.05, 0) is 37.8 Å². The SMILES string of the molecule is C=C(O)C1=C(CC)CS[C@@H]2[C@H](NC(=O)/C(=N\OC(C)(C)C(=O)O)C3N=C(N)SN3)C(=O)N12. The summed E-state index contributed by atoms with van der Waals surface area (Å²) in [5.41, 5.74) is 4.93. The molecule has 3 aliphatic rings. The van der Waals surface area contributed by atoms with E-state index in [-0.39, 0.29) is 16.6 Å². The number of hydrogen-bond acceptors (Lipinski definition) is 11. The van der Waals surface area contributed by atoms with Gasteiger partial charge in [-0.3, -0.25) is 14.5 Å². The molecule has 0 aromatic carbocycles. The number of nitrogens with one attached hydrogen (secondary N) is 2. The first-order valence-electron chi connectivity index (χ1n) is 9.58. The second-order valence-electron chi connectivity index (χ2n) is 7.59. The number of carboxylic acids is 1. The summed E-state index contributed by atoms with van der Waals surface area (Å²) in [4.78, 5) is 47.6. The van der Waals surface area contributed by atoms with Gasteiger partial charge in [0, 0.05) is 5.75 Å². The van der Waals surface area contributed by atoms with Crippen molar-refractivity contribution < 1.29 is 29.4 Å². The number of aliphatic hydroxyl groups excluding tert-OH is 1. The average molecular weight is 485 g/mol. The summed E-state index contributed by atoms with van der Waals surface area (Å²) >= 11 is 2.43. The van der Waals surface area contributed by atoms with Gasteiger partial charge in [-0.25, -0.2) is 14.5 Å². The van der Waals surface area contributed by atoms with Crippen LogP contribution in [0.15, 0.2) is 33.8 Å². The molecule has 1 fully saturated rings. The standard InChI is InChI=1S/C18H24N6O6S2/c1-5-8-6-31-15-10(14(27)24(15)11(8)7(2)25)20-13(26)9(12-21-17(19)32-23-12)22-30-18(3,4)16(28)29/h10,12,15,23,25H,2,5-6H2,1,3-4H3,(H2,19,21)(H,20,26)(H,28,29)/b22-9-/t10-,12?,15-/m1/s1. The van der Waals surface area contributed by atoms with Gasteiger partial charge in [0.15, 0.2) is 17.0 Å². The smallest absolute Gasteiger partial charge is 0.350 e. The number of nitrogens with zero attached hydrogens (tertiary/aromatic N) is 3. The number of nitrogens with two attached hydrogens (primary N) is 1. The second kappa shape index (κ2) is 9.03. The summed E-state index contributed by atoms with van der Waals surface area (Å²) in [6.45, 7) is 8.02. The molecule has 0 radical (unpaired) electrons. The van der Waals surface area contributed by atoms with Crippen molar-refractivity contribution in [2.45, 2.75) is 50.4 Å². The largest absolute Gasteiger partial charge is 0.506 e. The molecule has 6 N–H and O–H groups in total. The number of aliphatic hydroxyl groups is 1. The summed E-state index contributed by atoms with van der Waals surface area (Å²) in [6, 6.07) is -0.881. The van der Waals surface area contributed by atoms with E-state index in [2.05, 4.69) is 26.8 Å². The van der Waals surface area contributed by atoms with Crippen molar-refractivity contribution in [1.29, 1.82) is 0 Å². The fraction of sp³-hybridized carbons (Fsp3) is 0.500. The zero-order chi connectivity index (χ0) is 23.8. The van der Waals surface area contributed by atoms with Gasteiger partial charge in [-0.1, -0.05) is 18.7 Å². The highest BCUT2D eigenvalue weighted by Gasteiger charge is 2.53.